The summed E-state index contributed by atoms with van der Waals surface area (Å²) in [5, 5.41) is 0. The minimum Gasteiger partial charge on any atom is -0.497 e. The highest BCUT2D eigenvalue weighted by molar-refractivity contribution is 9.09. The van der Waals surface area contributed by atoms with Gasteiger partial charge in [0.25, 0.3) is 0 Å². The highest BCUT2D eigenvalue weighted by atomic mass is 79.9. The van der Waals surface area contributed by atoms with Crippen molar-refractivity contribution in [1.29, 1.82) is 0 Å². The van der Waals surface area contributed by atoms with E-state index in [1.165, 1.54) is 6.07 Å². The fourth-order valence-corrected chi connectivity index (χ4v) is 2.57. The van der Waals surface area contributed by atoms with Crippen molar-refractivity contribution in [2.75, 3.05) is 20.2 Å². The van der Waals surface area contributed by atoms with Gasteiger partial charge in [-0.05, 0) is 19.0 Å². The SMILES string of the molecule is COc1ccc(CN2CCC(Br)C2)c(F)c1. The van der Waals surface area contributed by atoms with E-state index in [2.05, 4.69) is 20.8 Å². The zero-order chi connectivity index (χ0) is 11.5. The first kappa shape index (κ1) is 11.9. The summed E-state index contributed by atoms with van der Waals surface area (Å²) >= 11 is 3.58. The molecule has 1 fully saturated rings. The minimum absolute atomic E-state index is 0.183. The second-order valence-electron chi connectivity index (χ2n) is 4.08. The smallest absolute Gasteiger partial charge is 0.131 e. The van der Waals surface area contributed by atoms with Gasteiger partial charge in [0.15, 0.2) is 0 Å². The van der Waals surface area contributed by atoms with Gasteiger partial charge < -0.3 is 4.74 Å². The third-order valence-electron chi connectivity index (χ3n) is 2.87. The molecule has 1 saturated heterocycles. The average molecular weight is 288 g/mol. The first-order valence-corrected chi connectivity index (χ1v) is 6.29. The first-order valence-electron chi connectivity index (χ1n) is 5.38. The molecule has 1 unspecified atom stereocenters. The van der Waals surface area contributed by atoms with Crippen molar-refractivity contribution in [3.63, 3.8) is 0 Å². The van der Waals surface area contributed by atoms with Crippen LogP contribution in [0.3, 0.4) is 0 Å². The lowest BCUT2D eigenvalue weighted by Gasteiger charge is -2.15. The van der Waals surface area contributed by atoms with Crippen molar-refractivity contribution in [2.24, 2.45) is 0 Å². The molecule has 2 rings (SSSR count). The monoisotopic (exact) mass is 287 g/mol. The second kappa shape index (κ2) is 5.15. The summed E-state index contributed by atoms with van der Waals surface area (Å²) in [6.45, 7) is 2.70. The summed E-state index contributed by atoms with van der Waals surface area (Å²) in [5.74, 6) is 0.387. The van der Waals surface area contributed by atoms with E-state index in [0.29, 0.717) is 17.1 Å². The molecule has 0 amide bonds. The molecule has 0 saturated carbocycles. The van der Waals surface area contributed by atoms with Crippen molar-refractivity contribution in [1.82, 2.24) is 4.90 Å². The van der Waals surface area contributed by atoms with Gasteiger partial charge in [-0.15, -0.1) is 0 Å². The zero-order valence-corrected chi connectivity index (χ0v) is 10.8. The maximum Gasteiger partial charge on any atom is 0.131 e. The van der Waals surface area contributed by atoms with Crippen molar-refractivity contribution < 1.29 is 9.13 Å². The number of likely N-dealkylation sites (tertiary alicyclic amines) is 1. The molecule has 0 aliphatic carbocycles. The van der Waals surface area contributed by atoms with Crippen molar-refractivity contribution in [3.05, 3.63) is 29.6 Å². The normalized spacial score (nSPS) is 21.3. The summed E-state index contributed by atoms with van der Waals surface area (Å²) in [5.41, 5.74) is 0.738. The lowest BCUT2D eigenvalue weighted by molar-refractivity contribution is 0.326. The van der Waals surface area contributed by atoms with Gasteiger partial charge >= 0.3 is 0 Å². The lowest BCUT2D eigenvalue weighted by Crippen LogP contribution is -2.20. The van der Waals surface area contributed by atoms with Gasteiger partial charge in [-0.25, -0.2) is 4.39 Å². The molecule has 1 heterocycles. The lowest BCUT2D eigenvalue weighted by atomic mass is 10.2. The number of methoxy groups -OCH3 is 1. The van der Waals surface area contributed by atoms with Crippen LogP contribution in [0, 0.1) is 5.82 Å². The first-order chi connectivity index (χ1) is 7.69. The highest BCUT2D eigenvalue weighted by Gasteiger charge is 2.20. The molecule has 0 bridgehead atoms. The van der Waals surface area contributed by atoms with Crippen molar-refractivity contribution in [2.45, 2.75) is 17.8 Å². The molecular formula is C12H15BrFNO. The maximum absolute atomic E-state index is 13.7. The van der Waals surface area contributed by atoms with Crippen LogP contribution in [0.2, 0.25) is 0 Å². The Morgan fingerprint density at radius 1 is 1.56 bits per heavy atom. The molecule has 88 valence electrons. The number of hydrogen-bond acceptors (Lipinski definition) is 2. The summed E-state index contributed by atoms with van der Waals surface area (Å²) in [7, 11) is 1.55. The summed E-state index contributed by atoms with van der Waals surface area (Å²) in [4.78, 5) is 2.80. The van der Waals surface area contributed by atoms with E-state index in [1.54, 1.807) is 19.2 Å². The second-order valence-corrected chi connectivity index (χ2v) is 5.37. The predicted octanol–water partition coefficient (Wildman–Crippen LogP) is 2.80. The zero-order valence-electron chi connectivity index (χ0n) is 9.25. The van der Waals surface area contributed by atoms with Crippen LogP contribution in [0.5, 0.6) is 5.75 Å². The number of hydrogen-bond donors (Lipinski definition) is 0. The molecule has 0 N–H and O–H groups in total. The van der Waals surface area contributed by atoms with E-state index in [9.17, 15) is 4.39 Å². The van der Waals surface area contributed by atoms with Gasteiger partial charge in [0.2, 0.25) is 0 Å². The molecule has 0 aromatic heterocycles. The Hall–Kier alpha value is -0.610. The van der Waals surface area contributed by atoms with Crippen LogP contribution in [0.1, 0.15) is 12.0 Å². The topological polar surface area (TPSA) is 12.5 Å². The van der Waals surface area contributed by atoms with Gasteiger partial charge in [-0.1, -0.05) is 22.0 Å². The number of alkyl halides is 1. The Bertz CT molecular complexity index is 372. The minimum atomic E-state index is -0.183. The van der Waals surface area contributed by atoms with Crippen LogP contribution >= 0.6 is 15.9 Å². The van der Waals surface area contributed by atoms with Crippen LogP contribution in [0.4, 0.5) is 4.39 Å². The molecule has 16 heavy (non-hydrogen) atoms. The Balaban J connectivity index is 2.04. The molecule has 1 aliphatic rings. The highest BCUT2D eigenvalue weighted by Crippen LogP contribution is 2.22. The fraction of sp³-hybridized carbons (Fsp3) is 0.500. The Morgan fingerprint density at radius 2 is 2.38 bits per heavy atom. The fourth-order valence-electron chi connectivity index (χ4n) is 1.95. The quantitative estimate of drug-likeness (QED) is 0.793. The van der Waals surface area contributed by atoms with Gasteiger partial charge in [0, 0.05) is 29.5 Å². The number of rotatable bonds is 3. The maximum atomic E-state index is 13.7. The summed E-state index contributed by atoms with van der Waals surface area (Å²) < 4.78 is 18.6. The van der Waals surface area contributed by atoms with Crippen LogP contribution in [0.15, 0.2) is 18.2 Å². The van der Waals surface area contributed by atoms with E-state index >= 15 is 0 Å². The van der Waals surface area contributed by atoms with E-state index in [1.807, 2.05) is 0 Å². The predicted molar refractivity (Wildman–Crippen MR) is 65.6 cm³/mol. The Kier molecular flexibility index (Phi) is 3.82. The van der Waals surface area contributed by atoms with E-state index < -0.39 is 0 Å². The van der Waals surface area contributed by atoms with Crippen molar-refractivity contribution in [3.8, 4) is 5.75 Å². The molecule has 1 aromatic carbocycles. The Labute approximate surface area is 104 Å². The molecular weight excluding hydrogens is 273 g/mol. The standard InChI is InChI=1S/C12H15BrFNO/c1-16-11-3-2-9(12(14)6-11)7-15-5-4-10(13)8-15/h2-3,6,10H,4-5,7-8H2,1H3. The molecule has 2 nitrogen and oxygen atoms in total. The van der Waals surface area contributed by atoms with Crippen LogP contribution < -0.4 is 4.74 Å². The number of halogens is 2. The third-order valence-corrected chi connectivity index (χ3v) is 3.62. The van der Waals surface area contributed by atoms with E-state index in [4.69, 9.17) is 4.74 Å². The third kappa shape index (κ3) is 2.74. The average Bonchev–Trinajstić information content (AvgIpc) is 2.67. The summed E-state index contributed by atoms with van der Waals surface area (Å²) in [6.07, 6.45) is 1.14. The van der Waals surface area contributed by atoms with Gasteiger partial charge in [-0.2, -0.15) is 0 Å². The van der Waals surface area contributed by atoms with Crippen LogP contribution in [-0.4, -0.2) is 29.9 Å². The van der Waals surface area contributed by atoms with E-state index in [-0.39, 0.29) is 5.82 Å². The number of nitrogens with zero attached hydrogens (tertiary/aromatic N) is 1. The van der Waals surface area contributed by atoms with Crippen molar-refractivity contribution >= 4 is 15.9 Å². The van der Waals surface area contributed by atoms with Gasteiger partial charge in [-0.3, -0.25) is 4.90 Å². The number of benzene rings is 1. The van der Waals surface area contributed by atoms with Crippen LogP contribution in [-0.2, 0) is 6.54 Å². The molecule has 0 radical (unpaired) electrons. The molecule has 1 aliphatic heterocycles. The Morgan fingerprint density at radius 3 is 2.94 bits per heavy atom. The molecule has 4 heteroatoms. The molecule has 1 aromatic rings. The summed E-state index contributed by atoms with van der Waals surface area (Å²) in [6, 6.07) is 5.05. The van der Waals surface area contributed by atoms with E-state index in [0.717, 1.165) is 25.1 Å². The molecule has 1 atom stereocenters. The number of ether oxygens (including phenoxy) is 1. The van der Waals surface area contributed by atoms with Gasteiger partial charge in [0.05, 0.1) is 7.11 Å². The van der Waals surface area contributed by atoms with Gasteiger partial charge in [0.1, 0.15) is 11.6 Å². The largest absolute Gasteiger partial charge is 0.497 e. The van der Waals surface area contributed by atoms with Crippen LogP contribution in [0.25, 0.3) is 0 Å². The molecule has 0 spiro atoms.